The van der Waals surface area contributed by atoms with E-state index in [0.29, 0.717) is 43.1 Å². The minimum Gasteiger partial charge on any atom is -0.483 e. The lowest BCUT2D eigenvalue weighted by Gasteiger charge is -2.64. The van der Waals surface area contributed by atoms with Gasteiger partial charge in [-0.1, -0.05) is 18.2 Å². The predicted molar refractivity (Wildman–Crippen MR) is 148 cm³/mol. The maximum Gasteiger partial charge on any atom is 0.339 e. The van der Waals surface area contributed by atoms with Crippen molar-refractivity contribution in [3.63, 3.8) is 0 Å². The normalized spacial score (nSPS) is 31.7. The maximum atomic E-state index is 13.8. The van der Waals surface area contributed by atoms with E-state index in [1.54, 1.807) is 19.2 Å². The highest BCUT2D eigenvalue weighted by Crippen LogP contribution is 2.65. The van der Waals surface area contributed by atoms with Gasteiger partial charge in [0.1, 0.15) is 6.10 Å². The Labute approximate surface area is 240 Å². The van der Waals surface area contributed by atoms with Crippen molar-refractivity contribution in [2.75, 3.05) is 34.1 Å². The van der Waals surface area contributed by atoms with E-state index in [4.69, 9.17) is 18.9 Å². The van der Waals surface area contributed by atoms with E-state index in [9.17, 15) is 18.3 Å². The zero-order valence-electron chi connectivity index (χ0n) is 23.3. The third kappa shape index (κ3) is 3.96. The summed E-state index contributed by atoms with van der Waals surface area (Å²) in [6.45, 7) is 1.82. The Morgan fingerprint density at radius 3 is 2.71 bits per heavy atom. The number of benzene rings is 2. The van der Waals surface area contributed by atoms with E-state index in [1.807, 2.05) is 6.07 Å². The maximum absolute atomic E-state index is 13.8. The van der Waals surface area contributed by atoms with Crippen LogP contribution < -0.4 is 14.2 Å². The average Bonchev–Trinajstić information content (AvgIpc) is 3.71. The molecule has 220 valence electrons. The van der Waals surface area contributed by atoms with Crippen LogP contribution in [0.1, 0.15) is 53.6 Å². The number of likely N-dealkylation sites (tertiary alicyclic amines) is 1. The monoisotopic (exact) mass is 584 g/mol. The summed E-state index contributed by atoms with van der Waals surface area (Å²) in [6, 6.07) is 9.24. The smallest absolute Gasteiger partial charge is 0.339 e. The van der Waals surface area contributed by atoms with Gasteiger partial charge in [-0.2, -0.15) is 0 Å². The Kier molecular flexibility index (Phi) is 6.40. The number of methoxy groups -OCH3 is 2. The fourth-order valence-corrected chi connectivity index (χ4v) is 9.54. The second-order valence-electron chi connectivity index (χ2n) is 12.1. The van der Waals surface area contributed by atoms with Gasteiger partial charge in [-0.15, -0.1) is 0 Å². The van der Waals surface area contributed by atoms with Gasteiger partial charge in [0.25, 0.3) is 0 Å². The van der Waals surface area contributed by atoms with E-state index in [1.165, 1.54) is 32.1 Å². The molecular weight excluding hydrogens is 548 g/mol. The molecule has 3 aliphatic carbocycles. The highest BCUT2D eigenvalue weighted by molar-refractivity contribution is 7.89. The zero-order chi connectivity index (χ0) is 28.6. The van der Waals surface area contributed by atoms with E-state index >= 15 is 0 Å². The van der Waals surface area contributed by atoms with Gasteiger partial charge in [-0.05, 0) is 74.8 Å². The van der Waals surface area contributed by atoms with Crippen molar-refractivity contribution in [3.8, 4) is 11.5 Å². The number of sulfonamides is 1. The van der Waals surface area contributed by atoms with Crippen LogP contribution in [-0.2, 0) is 31.3 Å². The number of nitrogens with one attached hydrogen (secondary N) is 1. The number of carbonyl (C=O) groups excluding carboxylic acids is 1. The van der Waals surface area contributed by atoms with Crippen molar-refractivity contribution in [1.29, 1.82) is 0 Å². The number of nitrogens with zero attached hydrogens (tertiary/aromatic N) is 1. The Hall–Kier alpha value is -2.70. The predicted octanol–water partition coefficient (Wildman–Crippen LogP) is 2.37. The molecule has 5 aliphatic rings. The summed E-state index contributed by atoms with van der Waals surface area (Å²) in [7, 11) is -1.38. The van der Waals surface area contributed by atoms with Gasteiger partial charge in [0, 0.05) is 25.3 Å². The molecule has 3 fully saturated rings. The van der Waals surface area contributed by atoms with Crippen LogP contribution in [0.25, 0.3) is 0 Å². The van der Waals surface area contributed by atoms with Gasteiger partial charge >= 0.3 is 5.97 Å². The minimum absolute atomic E-state index is 0.0349. The van der Waals surface area contributed by atoms with Crippen LogP contribution in [0.2, 0.25) is 0 Å². The molecule has 2 heterocycles. The van der Waals surface area contributed by atoms with Crippen LogP contribution in [0.4, 0.5) is 0 Å². The molecule has 11 heteroatoms. The first-order chi connectivity index (χ1) is 19.7. The molecule has 2 aliphatic heterocycles. The molecule has 7 rings (SSSR count). The fourth-order valence-electron chi connectivity index (χ4n) is 8.07. The van der Waals surface area contributed by atoms with Gasteiger partial charge in [-0.3, -0.25) is 4.90 Å². The van der Waals surface area contributed by atoms with Crippen LogP contribution in [0.5, 0.6) is 11.5 Å². The summed E-state index contributed by atoms with van der Waals surface area (Å²) in [4.78, 5) is 14.7. The molecule has 0 aromatic heterocycles. The molecular formula is C30H36N2O8S. The van der Waals surface area contributed by atoms with Gasteiger partial charge in [0.15, 0.2) is 18.3 Å². The molecule has 2 aromatic carbocycles. The summed E-state index contributed by atoms with van der Waals surface area (Å²) >= 11 is 0. The lowest BCUT2D eigenvalue weighted by molar-refractivity contribution is -0.190. The first-order valence-electron chi connectivity index (χ1n) is 14.3. The number of ether oxygens (including phenoxy) is 4. The summed E-state index contributed by atoms with van der Waals surface area (Å²) < 4.78 is 53.1. The molecule has 1 saturated heterocycles. The summed E-state index contributed by atoms with van der Waals surface area (Å²) in [6.07, 6.45) is 3.96. The Bertz CT molecular complexity index is 1490. The fraction of sp³-hybridized carbons (Fsp3) is 0.567. The van der Waals surface area contributed by atoms with E-state index in [0.717, 1.165) is 24.2 Å². The van der Waals surface area contributed by atoms with E-state index < -0.39 is 39.2 Å². The van der Waals surface area contributed by atoms with Crippen LogP contribution in [-0.4, -0.2) is 82.3 Å². The number of rotatable bonds is 9. The number of carbonyl (C=O) groups is 1. The first-order valence-corrected chi connectivity index (χ1v) is 15.8. The number of piperidine rings is 1. The minimum atomic E-state index is -4.15. The SMILES string of the molecule is COCOc1ccc2c3c1OC1C(NS(=O)(=O)c4ccccc4C(=O)OC)CC[C@@]4(O)[C@@H](C2)N(CC2CC2)CC[C@]314. The molecule has 1 spiro atoms. The molecule has 2 unspecified atom stereocenters. The summed E-state index contributed by atoms with van der Waals surface area (Å²) in [5.41, 5.74) is 0.129. The number of esters is 1. The van der Waals surface area contributed by atoms with Crippen molar-refractivity contribution in [2.45, 2.75) is 72.6 Å². The molecule has 2 bridgehead atoms. The molecule has 10 nitrogen and oxygen atoms in total. The lowest BCUT2D eigenvalue weighted by atomic mass is 9.48. The van der Waals surface area contributed by atoms with Crippen molar-refractivity contribution in [3.05, 3.63) is 53.1 Å². The number of hydrogen-bond donors (Lipinski definition) is 2. The van der Waals surface area contributed by atoms with Crippen LogP contribution in [0.3, 0.4) is 0 Å². The van der Waals surface area contributed by atoms with Gasteiger partial charge < -0.3 is 24.1 Å². The van der Waals surface area contributed by atoms with Gasteiger partial charge in [0.05, 0.1) is 34.6 Å². The van der Waals surface area contributed by atoms with E-state index in [-0.39, 0.29) is 23.3 Å². The molecule has 0 radical (unpaired) electrons. The second-order valence-corrected chi connectivity index (χ2v) is 13.8. The zero-order valence-corrected chi connectivity index (χ0v) is 24.1. The summed E-state index contributed by atoms with van der Waals surface area (Å²) in [5.74, 6) is 1.05. The first kappa shape index (κ1) is 27.2. The molecule has 2 aromatic rings. The molecule has 2 N–H and O–H groups in total. The number of aliphatic hydroxyl groups is 1. The second kappa shape index (κ2) is 9.67. The van der Waals surface area contributed by atoms with Gasteiger partial charge in [-0.25, -0.2) is 17.9 Å². The molecule has 2 saturated carbocycles. The standard InChI is InChI=1S/C30H36N2O8S/c1-37-17-39-22-10-9-19-15-24-30(34)12-11-21(31-41(35,36)23-6-4-3-5-20(23)28(33)38-2)27-29(30,25(19)26(22)40-27)13-14-32(24)16-18-7-8-18/h3-6,9-10,18,21,24,27,31,34H,7-8,11-17H2,1-2H3/t21?,24-,27?,29+,30-/m1/s1. The quantitative estimate of drug-likeness (QED) is 0.338. The Balaban J connectivity index is 1.31. The molecule has 41 heavy (non-hydrogen) atoms. The van der Waals surface area contributed by atoms with E-state index in [2.05, 4.69) is 15.7 Å². The highest BCUT2D eigenvalue weighted by atomic mass is 32.2. The van der Waals surface area contributed by atoms with Crippen LogP contribution in [0, 0.1) is 5.92 Å². The van der Waals surface area contributed by atoms with Crippen molar-refractivity contribution in [1.82, 2.24) is 9.62 Å². The van der Waals surface area contributed by atoms with Crippen LogP contribution >= 0.6 is 0 Å². The third-order valence-electron chi connectivity index (χ3n) is 9.97. The average molecular weight is 585 g/mol. The van der Waals surface area contributed by atoms with Crippen molar-refractivity contribution >= 4 is 16.0 Å². The topological polar surface area (TPSA) is 124 Å². The number of hydrogen-bond acceptors (Lipinski definition) is 9. The third-order valence-corrected chi connectivity index (χ3v) is 11.5. The molecule has 5 atom stereocenters. The Morgan fingerprint density at radius 1 is 1.15 bits per heavy atom. The van der Waals surface area contributed by atoms with Gasteiger partial charge in [0.2, 0.25) is 10.0 Å². The largest absolute Gasteiger partial charge is 0.483 e. The van der Waals surface area contributed by atoms with Crippen molar-refractivity contribution in [2.24, 2.45) is 5.92 Å². The summed E-state index contributed by atoms with van der Waals surface area (Å²) in [5, 5.41) is 12.7. The lowest BCUT2D eigenvalue weighted by Crippen LogP contribution is -2.78. The van der Waals surface area contributed by atoms with Crippen molar-refractivity contribution < 1.29 is 37.3 Å². The molecule has 0 amide bonds. The Morgan fingerprint density at radius 2 is 1.95 bits per heavy atom. The highest BCUT2D eigenvalue weighted by Gasteiger charge is 2.73. The van der Waals surface area contributed by atoms with Crippen LogP contribution in [0.15, 0.2) is 41.3 Å².